The lowest BCUT2D eigenvalue weighted by atomic mass is 10.1. The Bertz CT molecular complexity index is 634. The highest BCUT2D eigenvalue weighted by Crippen LogP contribution is 2.29. The quantitative estimate of drug-likeness (QED) is 0.380. The van der Waals surface area contributed by atoms with Crippen LogP contribution in [-0.4, -0.2) is 55.9 Å². The van der Waals surface area contributed by atoms with E-state index >= 15 is 0 Å². The summed E-state index contributed by atoms with van der Waals surface area (Å²) in [4.78, 5) is 6.76. The zero-order valence-corrected chi connectivity index (χ0v) is 18.2. The number of nitrogens with zero attached hydrogens (tertiary/aromatic N) is 2. The summed E-state index contributed by atoms with van der Waals surface area (Å²) in [5.41, 5.74) is 0.0945. The van der Waals surface area contributed by atoms with Gasteiger partial charge in [0, 0.05) is 26.2 Å². The van der Waals surface area contributed by atoms with Crippen LogP contribution in [0.15, 0.2) is 29.3 Å². The van der Waals surface area contributed by atoms with E-state index in [0.29, 0.717) is 26.2 Å². The standard InChI is InChI=1S/C19H26F3N3O2.HI/c1-2-23-18(24-12-14-5-7-15(8-6-14)19(20,21)22)25-9-11-27-17(13-25)16-4-3-10-26-16;/h5-8,16-17H,2-4,9-13H2,1H3,(H,23,24);1H. The molecule has 2 heterocycles. The third-order valence-electron chi connectivity index (χ3n) is 4.80. The number of aliphatic imine (C=N–C) groups is 1. The smallest absolute Gasteiger partial charge is 0.375 e. The molecule has 0 aliphatic carbocycles. The van der Waals surface area contributed by atoms with Crippen LogP contribution in [0, 0.1) is 0 Å². The highest BCUT2D eigenvalue weighted by molar-refractivity contribution is 14.0. The van der Waals surface area contributed by atoms with Gasteiger partial charge in [-0.15, -0.1) is 24.0 Å². The lowest BCUT2D eigenvalue weighted by molar-refractivity contribution is -0.137. The largest absolute Gasteiger partial charge is 0.416 e. The molecule has 1 aromatic rings. The molecule has 2 fully saturated rings. The fourth-order valence-electron chi connectivity index (χ4n) is 3.38. The second-order valence-corrected chi connectivity index (χ2v) is 6.77. The summed E-state index contributed by atoms with van der Waals surface area (Å²) < 4.78 is 49.6. The maximum atomic E-state index is 12.7. The zero-order valence-electron chi connectivity index (χ0n) is 15.9. The van der Waals surface area contributed by atoms with Gasteiger partial charge >= 0.3 is 6.18 Å². The maximum Gasteiger partial charge on any atom is 0.416 e. The van der Waals surface area contributed by atoms with Crippen molar-refractivity contribution in [2.75, 3.05) is 32.8 Å². The summed E-state index contributed by atoms with van der Waals surface area (Å²) in [6, 6.07) is 5.15. The fraction of sp³-hybridized carbons (Fsp3) is 0.632. The minimum absolute atomic E-state index is 0. The SMILES string of the molecule is CCNC(=NCc1ccc(C(F)(F)F)cc1)N1CCOC(C2CCCO2)C1.I. The van der Waals surface area contributed by atoms with E-state index in [2.05, 4.69) is 15.2 Å². The van der Waals surface area contributed by atoms with Crippen LogP contribution in [0.3, 0.4) is 0 Å². The van der Waals surface area contributed by atoms with Gasteiger partial charge in [0.2, 0.25) is 0 Å². The van der Waals surface area contributed by atoms with Gasteiger partial charge in [-0.25, -0.2) is 4.99 Å². The first kappa shape index (κ1) is 23.2. The van der Waals surface area contributed by atoms with Crippen molar-refractivity contribution < 1.29 is 22.6 Å². The van der Waals surface area contributed by atoms with Gasteiger partial charge < -0.3 is 19.7 Å². The molecule has 1 N–H and O–H groups in total. The Labute approximate surface area is 180 Å². The number of rotatable bonds is 4. The average Bonchev–Trinajstić information content (AvgIpc) is 3.20. The van der Waals surface area contributed by atoms with E-state index in [9.17, 15) is 13.2 Å². The first-order valence-electron chi connectivity index (χ1n) is 9.40. The van der Waals surface area contributed by atoms with Crippen LogP contribution in [0.1, 0.15) is 30.9 Å². The molecular formula is C19H27F3IN3O2. The van der Waals surface area contributed by atoms with Crippen molar-refractivity contribution in [3.05, 3.63) is 35.4 Å². The van der Waals surface area contributed by atoms with Crippen molar-refractivity contribution in [2.45, 2.75) is 44.7 Å². The predicted molar refractivity (Wildman–Crippen MR) is 112 cm³/mol. The number of guanidine groups is 1. The Morgan fingerprint density at radius 2 is 1.89 bits per heavy atom. The molecular weight excluding hydrogens is 486 g/mol. The molecule has 1 aromatic carbocycles. The van der Waals surface area contributed by atoms with Crippen LogP contribution in [0.4, 0.5) is 13.2 Å². The normalized spacial score (nSPS) is 23.4. The third-order valence-corrected chi connectivity index (χ3v) is 4.80. The molecule has 9 heteroatoms. The number of ether oxygens (including phenoxy) is 2. The van der Waals surface area contributed by atoms with E-state index in [1.807, 2.05) is 6.92 Å². The topological polar surface area (TPSA) is 46.1 Å². The lowest BCUT2D eigenvalue weighted by Gasteiger charge is -2.37. The van der Waals surface area contributed by atoms with Crippen LogP contribution in [0.2, 0.25) is 0 Å². The van der Waals surface area contributed by atoms with Crippen molar-refractivity contribution in [3.63, 3.8) is 0 Å². The van der Waals surface area contributed by atoms with Crippen LogP contribution in [0.25, 0.3) is 0 Å². The van der Waals surface area contributed by atoms with Crippen molar-refractivity contribution in [2.24, 2.45) is 4.99 Å². The van der Waals surface area contributed by atoms with Gasteiger partial charge in [0.25, 0.3) is 0 Å². The molecule has 2 aliphatic heterocycles. The molecule has 158 valence electrons. The summed E-state index contributed by atoms with van der Waals surface area (Å²) in [6.07, 6.45) is -2.09. The predicted octanol–water partition coefficient (Wildman–Crippen LogP) is 3.67. The maximum absolute atomic E-state index is 12.7. The molecule has 2 saturated heterocycles. The summed E-state index contributed by atoms with van der Waals surface area (Å²) in [7, 11) is 0. The molecule has 2 unspecified atom stereocenters. The first-order chi connectivity index (χ1) is 13.0. The molecule has 0 aromatic heterocycles. The average molecular weight is 513 g/mol. The molecule has 0 saturated carbocycles. The van der Waals surface area contributed by atoms with E-state index in [4.69, 9.17) is 9.47 Å². The van der Waals surface area contributed by atoms with Gasteiger partial charge in [0.15, 0.2) is 5.96 Å². The van der Waals surface area contributed by atoms with Crippen molar-refractivity contribution in [1.29, 1.82) is 0 Å². The van der Waals surface area contributed by atoms with Crippen LogP contribution in [0.5, 0.6) is 0 Å². The highest BCUT2D eigenvalue weighted by Gasteiger charge is 2.32. The molecule has 2 aliphatic rings. The Morgan fingerprint density at radius 3 is 2.50 bits per heavy atom. The monoisotopic (exact) mass is 513 g/mol. The molecule has 0 spiro atoms. The Kier molecular flexibility index (Phi) is 8.81. The second-order valence-electron chi connectivity index (χ2n) is 6.77. The minimum atomic E-state index is -4.32. The molecule has 5 nitrogen and oxygen atoms in total. The lowest BCUT2D eigenvalue weighted by Crippen LogP contribution is -2.53. The number of morpholine rings is 1. The Hall–Kier alpha value is -1.07. The van der Waals surface area contributed by atoms with Crippen molar-refractivity contribution in [1.82, 2.24) is 10.2 Å². The minimum Gasteiger partial charge on any atom is -0.375 e. The molecule has 3 rings (SSSR count). The molecule has 0 amide bonds. The zero-order chi connectivity index (χ0) is 19.3. The molecule has 2 atom stereocenters. The number of alkyl halides is 3. The van der Waals surface area contributed by atoms with Gasteiger partial charge in [-0.05, 0) is 37.5 Å². The number of benzene rings is 1. The Balaban J connectivity index is 0.00000280. The van der Waals surface area contributed by atoms with Gasteiger partial charge in [0.05, 0.1) is 24.8 Å². The number of halogens is 4. The van der Waals surface area contributed by atoms with E-state index < -0.39 is 11.7 Å². The van der Waals surface area contributed by atoms with E-state index in [0.717, 1.165) is 49.6 Å². The van der Waals surface area contributed by atoms with Crippen LogP contribution >= 0.6 is 24.0 Å². The molecule has 0 bridgehead atoms. The third kappa shape index (κ3) is 6.21. The summed E-state index contributed by atoms with van der Waals surface area (Å²) in [5.74, 6) is 0.753. The summed E-state index contributed by atoms with van der Waals surface area (Å²) >= 11 is 0. The van der Waals surface area contributed by atoms with Gasteiger partial charge in [-0.2, -0.15) is 13.2 Å². The van der Waals surface area contributed by atoms with E-state index in [1.165, 1.54) is 12.1 Å². The van der Waals surface area contributed by atoms with E-state index in [-0.39, 0.29) is 36.2 Å². The van der Waals surface area contributed by atoms with Crippen molar-refractivity contribution in [3.8, 4) is 0 Å². The number of hydrogen-bond donors (Lipinski definition) is 1. The fourth-order valence-corrected chi connectivity index (χ4v) is 3.38. The van der Waals surface area contributed by atoms with E-state index in [1.54, 1.807) is 0 Å². The highest BCUT2D eigenvalue weighted by atomic mass is 127. The summed E-state index contributed by atoms with van der Waals surface area (Å²) in [5, 5.41) is 3.27. The second kappa shape index (κ2) is 10.6. The van der Waals surface area contributed by atoms with Crippen LogP contribution in [-0.2, 0) is 22.2 Å². The van der Waals surface area contributed by atoms with Crippen molar-refractivity contribution >= 4 is 29.9 Å². The summed E-state index contributed by atoms with van der Waals surface area (Å²) in [6.45, 7) is 5.84. The van der Waals surface area contributed by atoms with Gasteiger partial charge in [-0.1, -0.05) is 12.1 Å². The van der Waals surface area contributed by atoms with Gasteiger partial charge in [0.1, 0.15) is 6.10 Å². The Morgan fingerprint density at radius 1 is 1.18 bits per heavy atom. The molecule has 0 radical (unpaired) electrons. The van der Waals surface area contributed by atoms with Crippen LogP contribution < -0.4 is 5.32 Å². The molecule has 28 heavy (non-hydrogen) atoms. The van der Waals surface area contributed by atoms with Gasteiger partial charge in [-0.3, -0.25) is 0 Å². The first-order valence-corrected chi connectivity index (χ1v) is 9.40. The number of hydrogen-bond acceptors (Lipinski definition) is 3. The number of nitrogens with one attached hydrogen (secondary N) is 1.